The molecule has 0 radical (unpaired) electrons. The number of benzene rings is 2. The van der Waals surface area contributed by atoms with E-state index in [0.29, 0.717) is 15.1 Å². The zero-order chi connectivity index (χ0) is 30.3. The molecular formula is C27H24ClF5N6O3. The highest BCUT2D eigenvalue weighted by atomic mass is 35.5. The minimum absolute atomic E-state index is 0.0836. The average Bonchev–Trinajstić information content (AvgIpc) is 3.37. The van der Waals surface area contributed by atoms with E-state index in [-0.39, 0.29) is 58.8 Å². The summed E-state index contributed by atoms with van der Waals surface area (Å²) in [6.45, 7) is -1.22. The molecule has 1 aliphatic rings. The number of nitrogens with zero attached hydrogens (tertiary/aromatic N) is 4. The van der Waals surface area contributed by atoms with Crippen molar-refractivity contribution in [2.75, 3.05) is 25.5 Å². The van der Waals surface area contributed by atoms with Crippen LogP contribution in [0.15, 0.2) is 42.6 Å². The van der Waals surface area contributed by atoms with Crippen LogP contribution in [0.25, 0.3) is 21.8 Å². The molecule has 3 heterocycles. The van der Waals surface area contributed by atoms with E-state index < -0.39 is 36.4 Å². The van der Waals surface area contributed by atoms with Gasteiger partial charge in [0.2, 0.25) is 5.91 Å². The number of aromatic nitrogens is 3. The predicted octanol–water partition coefficient (Wildman–Crippen LogP) is 5.49. The van der Waals surface area contributed by atoms with Gasteiger partial charge in [-0.3, -0.25) is 9.59 Å². The maximum atomic E-state index is 13.6. The van der Waals surface area contributed by atoms with Gasteiger partial charge in [0.1, 0.15) is 17.0 Å². The Kier molecular flexibility index (Phi) is 7.84. The molecule has 42 heavy (non-hydrogen) atoms. The van der Waals surface area contributed by atoms with E-state index in [9.17, 15) is 31.5 Å². The van der Waals surface area contributed by atoms with Gasteiger partial charge >= 0.3 is 12.7 Å². The number of nitrogens with one attached hydrogen (secondary N) is 2. The molecule has 1 unspecified atom stereocenters. The summed E-state index contributed by atoms with van der Waals surface area (Å²) in [5, 5.41) is 10.7. The first kappa shape index (κ1) is 29.3. The highest BCUT2D eigenvalue weighted by molar-refractivity contribution is 6.31. The van der Waals surface area contributed by atoms with Gasteiger partial charge in [-0.15, -0.1) is 0 Å². The number of alkyl halides is 5. The van der Waals surface area contributed by atoms with E-state index in [4.69, 9.17) is 16.3 Å². The Morgan fingerprint density at radius 3 is 2.52 bits per heavy atom. The van der Waals surface area contributed by atoms with Crippen LogP contribution >= 0.6 is 11.6 Å². The lowest BCUT2D eigenvalue weighted by atomic mass is 9.99. The van der Waals surface area contributed by atoms with Crippen LogP contribution < -0.4 is 15.4 Å². The van der Waals surface area contributed by atoms with Crippen molar-refractivity contribution < 1.29 is 36.3 Å². The number of hydrogen-bond acceptors (Lipinski definition) is 6. The maximum absolute atomic E-state index is 13.6. The first-order chi connectivity index (χ1) is 19.8. The molecule has 1 saturated heterocycles. The van der Waals surface area contributed by atoms with Gasteiger partial charge in [0.25, 0.3) is 5.91 Å². The van der Waals surface area contributed by atoms with Gasteiger partial charge in [-0.05, 0) is 42.8 Å². The van der Waals surface area contributed by atoms with Crippen LogP contribution in [-0.4, -0.2) is 63.8 Å². The number of likely N-dealkylation sites (tertiary alicyclic amines) is 1. The van der Waals surface area contributed by atoms with Crippen molar-refractivity contribution in [2.24, 2.45) is 0 Å². The quantitative estimate of drug-likeness (QED) is 0.280. The number of anilines is 1. The summed E-state index contributed by atoms with van der Waals surface area (Å²) < 4.78 is 72.9. The smallest absolute Gasteiger partial charge is 0.433 e. The first-order valence-corrected chi connectivity index (χ1v) is 13.1. The summed E-state index contributed by atoms with van der Waals surface area (Å²) in [5.74, 6) is -0.731. The zero-order valence-electron chi connectivity index (χ0n) is 22.2. The van der Waals surface area contributed by atoms with E-state index in [0.717, 1.165) is 12.3 Å². The van der Waals surface area contributed by atoms with E-state index in [1.54, 1.807) is 0 Å². The Hall–Kier alpha value is -4.20. The number of piperidine rings is 1. The lowest BCUT2D eigenvalue weighted by molar-refractivity contribution is -0.140. The topological polar surface area (TPSA) is 101 Å². The summed E-state index contributed by atoms with van der Waals surface area (Å²) in [6, 6.07) is 6.82. The lowest BCUT2D eigenvalue weighted by Crippen LogP contribution is -2.55. The van der Waals surface area contributed by atoms with Crippen LogP contribution in [0.5, 0.6) is 5.75 Å². The monoisotopic (exact) mass is 610 g/mol. The zero-order valence-corrected chi connectivity index (χ0v) is 22.9. The lowest BCUT2D eigenvalue weighted by Gasteiger charge is -2.38. The molecule has 2 amide bonds. The second-order valence-electron chi connectivity index (χ2n) is 9.89. The molecule has 0 spiro atoms. The van der Waals surface area contributed by atoms with Crippen molar-refractivity contribution in [3.63, 3.8) is 0 Å². The van der Waals surface area contributed by atoms with Crippen LogP contribution in [0.2, 0.25) is 5.02 Å². The number of fused-ring (bicyclic) bond motifs is 2. The SMILES string of the molecule is COc1cc(C(=O)NC2C[C@@H](Nc3cc(C(F)(F)F)nc4ccc(Cl)cc34)CN(C(C)=O)C2)cc2cn(C(F)F)nc12. The van der Waals surface area contributed by atoms with Gasteiger partial charge in [0.15, 0.2) is 0 Å². The number of methoxy groups -OCH3 is 1. The fraction of sp³-hybridized carbons (Fsp3) is 0.333. The van der Waals surface area contributed by atoms with E-state index >= 15 is 0 Å². The molecule has 15 heteroatoms. The molecule has 9 nitrogen and oxygen atoms in total. The number of pyridine rings is 1. The van der Waals surface area contributed by atoms with Crippen molar-refractivity contribution in [1.82, 2.24) is 25.0 Å². The Labute approximate surface area is 240 Å². The second kappa shape index (κ2) is 11.2. The first-order valence-electron chi connectivity index (χ1n) is 12.7. The number of carbonyl (C=O) groups is 2. The van der Waals surface area contributed by atoms with Gasteiger partial charge in [0.05, 0.1) is 12.6 Å². The van der Waals surface area contributed by atoms with Crippen molar-refractivity contribution in [2.45, 2.75) is 38.2 Å². The predicted molar refractivity (Wildman–Crippen MR) is 145 cm³/mol. The summed E-state index contributed by atoms with van der Waals surface area (Å²) in [5.41, 5.74) is -0.616. The largest absolute Gasteiger partial charge is 0.494 e. The third-order valence-corrected chi connectivity index (χ3v) is 7.16. The summed E-state index contributed by atoms with van der Waals surface area (Å²) >= 11 is 6.11. The Balaban J connectivity index is 1.42. The normalized spacial score (nSPS) is 17.6. The van der Waals surface area contributed by atoms with Crippen LogP contribution in [0.4, 0.5) is 27.6 Å². The molecule has 0 saturated carbocycles. The van der Waals surface area contributed by atoms with Crippen LogP contribution in [0.3, 0.4) is 0 Å². The van der Waals surface area contributed by atoms with E-state index in [2.05, 4.69) is 20.7 Å². The summed E-state index contributed by atoms with van der Waals surface area (Å²) in [4.78, 5) is 30.8. The molecule has 222 valence electrons. The average molecular weight is 611 g/mol. The summed E-state index contributed by atoms with van der Waals surface area (Å²) in [6.07, 6.45) is -3.35. The van der Waals surface area contributed by atoms with Gasteiger partial charge < -0.3 is 20.3 Å². The third kappa shape index (κ3) is 6.03. The standard InChI is InChI=1S/C27H24ClF5N6O3/c1-13(40)38-11-17(34-21-9-23(27(31,32)33)36-20-4-3-16(28)7-19(20)21)8-18(12-38)35-25(41)14-5-15-10-39(26(29)30)37-24(15)22(6-14)42-2/h3-7,9-10,17-18,26H,8,11-12H2,1-2H3,(H,34,36)(H,35,41)/t17-,18?/m1/s1. The fourth-order valence-electron chi connectivity index (χ4n) is 5.02. The van der Waals surface area contributed by atoms with Gasteiger partial charge in [-0.1, -0.05) is 11.6 Å². The van der Waals surface area contributed by atoms with E-state index in [1.165, 1.54) is 49.3 Å². The molecule has 1 fully saturated rings. The third-order valence-electron chi connectivity index (χ3n) is 6.93. The van der Waals surface area contributed by atoms with Crippen molar-refractivity contribution in [3.8, 4) is 5.75 Å². The number of amides is 2. The van der Waals surface area contributed by atoms with E-state index in [1.807, 2.05) is 0 Å². The number of halogens is 6. The molecular weight excluding hydrogens is 587 g/mol. The number of rotatable bonds is 6. The number of hydrogen-bond donors (Lipinski definition) is 2. The maximum Gasteiger partial charge on any atom is 0.433 e. The minimum atomic E-state index is -4.70. The molecule has 5 rings (SSSR count). The van der Waals surface area contributed by atoms with Crippen LogP contribution in [-0.2, 0) is 11.0 Å². The molecule has 2 atom stereocenters. The van der Waals surface area contributed by atoms with Gasteiger partial charge in [-0.25, -0.2) is 9.67 Å². The Morgan fingerprint density at radius 1 is 1.12 bits per heavy atom. The molecule has 2 aromatic carbocycles. The Morgan fingerprint density at radius 2 is 1.86 bits per heavy atom. The fourth-order valence-corrected chi connectivity index (χ4v) is 5.20. The van der Waals surface area contributed by atoms with Gasteiger partial charge in [0, 0.05) is 65.3 Å². The van der Waals surface area contributed by atoms with Gasteiger partial charge in [-0.2, -0.15) is 27.1 Å². The minimum Gasteiger partial charge on any atom is -0.494 e. The van der Waals surface area contributed by atoms with Crippen molar-refractivity contribution >= 4 is 50.9 Å². The molecule has 4 aromatic rings. The molecule has 2 aromatic heterocycles. The second-order valence-corrected chi connectivity index (χ2v) is 10.3. The van der Waals surface area contributed by atoms with Crippen molar-refractivity contribution in [1.29, 1.82) is 0 Å². The number of carbonyl (C=O) groups excluding carboxylic acids is 2. The van der Waals surface area contributed by atoms with Crippen LogP contribution in [0, 0.1) is 0 Å². The molecule has 0 bridgehead atoms. The Bertz CT molecular complexity index is 1680. The molecule has 0 aliphatic carbocycles. The highest BCUT2D eigenvalue weighted by Crippen LogP contribution is 2.35. The molecule has 2 N–H and O–H groups in total. The van der Waals surface area contributed by atoms with Crippen molar-refractivity contribution in [3.05, 3.63) is 58.9 Å². The number of ether oxygens (including phenoxy) is 1. The highest BCUT2D eigenvalue weighted by Gasteiger charge is 2.35. The van der Waals surface area contributed by atoms with Crippen LogP contribution in [0.1, 0.15) is 35.9 Å². The summed E-state index contributed by atoms with van der Waals surface area (Å²) in [7, 11) is 1.32. The molecule has 1 aliphatic heterocycles.